The van der Waals surface area contributed by atoms with Gasteiger partial charge in [-0.25, -0.2) is 4.57 Å². The molecule has 14 heavy (non-hydrogen) atoms. The zero-order chi connectivity index (χ0) is 11.0. The zero-order valence-electron chi connectivity index (χ0n) is 8.86. The van der Waals surface area contributed by atoms with E-state index in [0.717, 1.165) is 6.42 Å². The molecule has 82 valence electrons. The standard InChI is InChI=1S/C9H17O4P/c1-5-6-7-8-9(2)13-14(10,11-3)12-4/h5-6H,2,7-8H2,1,3-4H3/b6-5+. The van der Waals surface area contributed by atoms with E-state index in [1.807, 2.05) is 19.1 Å². The normalized spacial score (nSPS) is 11.9. The van der Waals surface area contributed by atoms with Gasteiger partial charge in [-0.1, -0.05) is 18.7 Å². The SMILES string of the molecule is C=C(CC/C=C/C)OP(=O)(OC)OC. The van der Waals surface area contributed by atoms with Crippen LogP contribution in [0.4, 0.5) is 0 Å². The third kappa shape index (κ3) is 5.22. The molecule has 4 nitrogen and oxygen atoms in total. The predicted molar refractivity (Wildman–Crippen MR) is 55.9 cm³/mol. The second-order valence-electron chi connectivity index (χ2n) is 2.55. The van der Waals surface area contributed by atoms with Crippen molar-refractivity contribution in [3.8, 4) is 0 Å². The lowest BCUT2D eigenvalue weighted by Gasteiger charge is -2.15. The van der Waals surface area contributed by atoms with E-state index in [1.54, 1.807) is 0 Å². The fraction of sp³-hybridized carbons (Fsp3) is 0.556. The van der Waals surface area contributed by atoms with Gasteiger partial charge in [0, 0.05) is 20.6 Å². The van der Waals surface area contributed by atoms with Crippen LogP contribution < -0.4 is 0 Å². The predicted octanol–water partition coefficient (Wildman–Crippen LogP) is 3.27. The average Bonchev–Trinajstić information content (AvgIpc) is 2.18. The van der Waals surface area contributed by atoms with Crippen LogP contribution in [-0.4, -0.2) is 14.2 Å². The van der Waals surface area contributed by atoms with Gasteiger partial charge < -0.3 is 4.52 Å². The summed E-state index contributed by atoms with van der Waals surface area (Å²) in [5.41, 5.74) is 0. The van der Waals surface area contributed by atoms with Crippen LogP contribution in [0.1, 0.15) is 19.8 Å². The lowest BCUT2D eigenvalue weighted by Crippen LogP contribution is -1.94. The second kappa shape index (κ2) is 6.82. The molecule has 0 saturated carbocycles. The summed E-state index contributed by atoms with van der Waals surface area (Å²) in [6.45, 7) is 5.55. The Kier molecular flexibility index (Phi) is 6.54. The van der Waals surface area contributed by atoms with Crippen molar-refractivity contribution < 1.29 is 18.1 Å². The molecule has 0 atom stereocenters. The summed E-state index contributed by atoms with van der Waals surface area (Å²) in [4.78, 5) is 0. The molecule has 0 bridgehead atoms. The number of phosphoric ester groups is 1. The summed E-state index contributed by atoms with van der Waals surface area (Å²) in [6, 6.07) is 0. The van der Waals surface area contributed by atoms with E-state index in [4.69, 9.17) is 4.52 Å². The molecule has 0 aliphatic heterocycles. The van der Waals surface area contributed by atoms with Crippen molar-refractivity contribution in [1.82, 2.24) is 0 Å². The van der Waals surface area contributed by atoms with Crippen LogP contribution in [0.25, 0.3) is 0 Å². The molecular weight excluding hydrogens is 203 g/mol. The Hall–Kier alpha value is -0.570. The van der Waals surface area contributed by atoms with Crippen LogP contribution >= 0.6 is 7.82 Å². The Morgan fingerprint density at radius 3 is 2.43 bits per heavy atom. The summed E-state index contributed by atoms with van der Waals surface area (Å²) in [5, 5.41) is 0. The zero-order valence-corrected chi connectivity index (χ0v) is 9.75. The molecule has 0 radical (unpaired) electrons. The summed E-state index contributed by atoms with van der Waals surface area (Å²) < 4.78 is 25.6. The van der Waals surface area contributed by atoms with Gasteiger partial charge in [-0.3, -0.25) is 9.05 Å². The summed E-state index contributed by atoms with van der Waals surface area (Å²) in [7, 11) is -0.875. The van der Waals surface area contributed by atoms with Gasteiger partial charge in [0.25, 0.3) is 0 Å². The first kappa shape index (κ1) is 13.4. The molecule has 5 heteroatoms. The van der Waals surface area contributed by atoms with Crippen LogP contribution in [0.15, 0.2) is 24.5 Å². The van der Waals surface area contributed by atoms with Crippen LogP contribution in [-0.2, 0) is 18.1 Å². The van der Waals surface area contributed by atoms with E-state index in [2.05, 4.69) is 15.6 Å². The van der Waals surface area contributed by atoms with Gasteiger partial charge >= 0.3 is 7.82 Å². The highest BCUT2D eigenvalue weighted by molar-refractivity contribution is 7.48. The molecule has 0 aromatic carbocycles. The number of hydrogen-bond acceptors (Lipinski definition) is 4. The summed E-state index contributed by atoms with van der Waals surface area (Å²) in [5.74, 6) is 0.398. The topological polar surface area (TPSA) is 44.8 Å². The van der Waals surface area contributed by atoms with Gasteiger partial charge in [0.15, 0.2) is 0 Å². The Morgan fingerprint density at radius 1 is 1.43 bits per heavy atom. The third-order valence-corrected chi connectivity index (χ3v) is 2.89. The quantitative estimate of drug-likeness (QED) is 0.375. The first-order chi connectivity index (χ1) is 6.58. The van der Waals surface area contributed by atoms with Gasteiger partial charge in [-0.05, 0) is 13.3 Å². The molecule has 0 aliphatic rings. The molecule has 0 N–H and O–H groups in total. The van der Waals surface area contributed by atoms with E-state index in [-0.39, 0.29) is 0 Å². The fourth-order valence-corrected chi connectivity index (χ4v) is 1.47. The minimum atomic E-state index is -3.41. The average molecular weight is 220 g/mol. The van der Waals surface area contributed by atoms with E-state index in [1.165, 1.54) is 14.2 Å². The third-order valence-electron chi connectivity index (χ3n) is 1.51. The summed E-state index contributed by atoms with van der Waals surface area (Å²) >= 11 is 0. The smallest absolute Gasteiger partial charge is 0.409 e. The minimum absolute atomic E-state index is 0.398. The van der Waals surface area contributed by atoms with Crippen molar-refractivity contribution in [2.75, 3.05) is 14.2 Å². The molecule has 0 unspecified atom stereocenters. The van der Waals surface area contributed by atoms with Crippen molar-refractivity contribution in [3.63, 3.8) is 0 Å². The fourth-order valence-electron chi connectivity index (χ4n) is 0.764. The second-order valence-corrected chi connectivity index (χ2v) is 4.36. The van der Waals surface area contributed by atoms with E-state index < -0.39 is 7.82 Å². The number of hydrogen-bond donors (Lipinski definition) is 0. The van der Waals surface area contributed by atoms with Gasteiger partial charge in [-0.2, -0.15) is 0 Å². The van der Waals surface area contributed by atoms with Crippen LogP contribution in [0, 0.1) is 0 Å². The van der Waals surface area contributed by atoms with Crippen LogP contribution in [0.3, 0.4) is 0 Å². The molecule has 0 heterocycles. The summed E-state index contributed by atoms with van der Waals surface area (Å²) in [6.07, 6.45) is 5.29. The first-order valence-electron chi connectivity index (χ1n) is 4.28. The van der Waals surface area contributed by atoms with Crippen LogP contribution in [0.2, 0.25) is 0 Å². The highest BCUT2D eigenvalue weighted by atomic mass is 31.2. The van der Waals surface area contributed by atoms with Crippen molar-refractivity contribution in [2.45, 2.75) is 19.8 Å². The van der Waals surface area contributed by atoms with E-state index >= 15 is 0 Å². The monoisotopic (exact) mass is 220 g/mol. The maximum atomic E-state index is 11.4. The molecule has 0 rings (SSSR count). The minimum Gasteiger partial charge on any atom is -0.409 e. The number of allylic oxidation sites excluding steroid dienone is 3. The van der Waals surface area contributed by atoms with Crippen LogP contribution in [0.5, 0.6) is 0 Å². The maximum Gasteiger partial charge on any atom is 0.529 e. The van der Waals surface area contributed by atoms with Gasteiger partial charge in [0.05, 0.1) is 0 Å². The molecular formula is C9H17O4P. The molecule has 0 aromatic rings. The molecule has 0 saturated heterocycles. The van der Waals surface area contributed by atoms with Gasteiger partial charge in [0.1, 0.15) is 5.76 Å². The first-order valence-corrected chi connectivity index (χ1v) is 5.74. The van der Waals surface area contributed by atoms with Gasteiger partial charge in [0.2, 0.25) is 0 Å². The van der Waals surface area contributed by atoms with Crippen molar-refractivity contribution in [3.05, 3.63) is 24.5 Å². The van der Waals surface area contributed by atoms with E-state index in [0.29, 0.717) is 12.2 Å². The Balaban J connectivity index is 3.98. The van der Waals surface area contributed by atoms with Crippen molar-refractivity contribution in [1.29, 1.82) is 0 Å². The molecule has 0 spiro atoms. The maximum absolute atomic E-state index is 11.4. The Bertz CT molecular complexity index is 239. The van der Waals surface area contributed by atoms with Gasteiger partial charge in [-0.15, -0.1) is 0 Å². The Morgan fingerprint density at radius 2 is 2.00 bits per heavy atom. The lowest BCUT2D eigenvalue weighted by atomic mass is 10.3. The number of rotatable bonds is 7. The lowest BCUT2D eigenvalue weighted by molar-refractivity contribution is 0.180. The Labute approximate surface area is 85.2 Å². The molecule has 0 aromatic heterocycles. The highest BCUT2D eigenvalue weighted by Gasteiger charge is 2.24. The molecule has 0 aliphatic carbocycles. The number of phosphoric acid groups is 1. The highest BCUT2D eigenvalue weighted by Crippen LogP contribution is 2.49. The molecule has 0 amide bonds. The van der Waals surface area contributed by atoms with Crippen molar-refractivity contribution >= 4 is 7.82 Å². The molecule has 0 fully saturated rings. The van der Waals surface area contributed by atoms with Crippen molar-refractivity contribution in [2.24, 2.45) is 0 Å². The largest absolute Gasteiger partial charge is 0.529 e. The van der Waals surface area contributed by atoms with E-state index in [9.17, 15) is 4.57 Å².